The summed E-state index contributed by atoms with van der Waals surface area (Å²) in [4.78, 5) is 0. The average molecular weight is 263 g/mol. The van der Waals surface area contributed by atoms with Crippen LogP contribution in [0.2, 0.25) is 0 Å². The van der Waals surface area contributed by atoms with Gasteiger partial charge in [-0.25, -0.2) is 4.39 Å². The number of aromatic nitrogens is 2. The quantitative estimate of drug-likeness (QED) is 0.919. The molecule has 1 unspecified atom stereocenters. The molecule has 4 nitrogen and oxygen atoms in total. The number of ether oxygens (including phenoxy) is 1. The Hall–Kier alpha value is -1.88. The molecule has 0 aliphatic heterocycles. The highest BCUT2D eigenvalue weighted by Gasteiger charge is 2.15. The van der Waals surface area contributed by atoms with Gasteiger partial charge in [-0.05, 0) is 32.9 Å². The Bertz CT molecular complexity index is 564. The molecule has 0 bridgehead atoms. The van der Waals surface area contributed by atoms with Crippen LogP contribution in [-0.4, -0.2) is 9.78 Å². The Morgan fingerprint density at radius 3 is 2.63 bits per heavy atom. The molecule has 0 saturated carbocycles. The maximum atomic E-state index is 13.8. The van der Waals surface area contributed by atoms with Crippen molar-refractivity contribution in [3.63, 3.8) is 0 Å². The highest BCUT2D eigenvalue weighted by atomic mass is 19.1. The number of hydrogen-bond donors (Lipinski definition) is 1. The predicted molar refractivity (Wildman–Crippen MR) is 71.7 cm³/mol. The van der Waals surface area contributed by atoms with Crippen LogP contribution in [0.4, 0.5) is 4.39 Å². The molecule has 1 heterocycles. The molecule has 1 atom stereocenters. The summed E-state index contributed by atoms with van der Waals surface area (Å²) in [5.41, 5.74) is 6.16. The smallest absolute Gasteiger partial charge is 0.165 e. The summed E-state index contributed by atoms with van der Waals surface area (Å²) in [7, 11) is 0. The fraction of sp³-hybridized carbons (Fsp3) is 0.357. The summed E-state index contributed by atoms with van der Waals surface area (Å²) in [5, 5.41) is 4.18. The first-order valence-corrected chi connectivity index (χ1v) is 6.25. The zero-order chi connectivity index (χ0) is 14.0. The van der Waals surface area contributed by atoms with E-state index in [4.69, 9.17) is 10.5 Å². The molecule has 5 heteroatoms. The van der Waals surface area contributed by atoms with Crippen molar-refractivity contribution in [1.29, 1.82) is 0 Å². The molecule has 0 radical (unpaired) electrons. The van der Waals surface area contributed by atoms with Gasteiger partial charge in [0.1, 0.15) is 11.6 Å². The Kier molecular flexibility index (Phi) is 3.85. The minimum atomic E-state index is -0.434. The molecule has 1 aromatic carbocycles. The van der Waals surface area contributed by atoms with Crippen LogP contribution in [0.15, 0.2) is 30.6 Å². The second-order valence-electron chi connectivity index (χ2n) is 4.79. The highest BCUT2D eigenvalue weighted by molar-refractivity contribution is 5.39. The van der Waals surface area contributed by atoms with Gasteiger partial charge in [0.15, 0.2) is 5.75 Å². The minimum Gasteiger partial charge on any atom is -0.454 e. The van der Waals surface area contributed by atoms with Crippen LogP contribution in [0.1, 0.15) is 38.4 Å². The number of halogens is 1. The topological polar surface area (TPSA) is 53.1 Å². The summed E-state index contributed by atoms with van der Waals surface area (Å²) < 4.78 is 21.2. The summed E-state index contributed by atoms with van der Waals surface area (Å²) in [5.74, 6) is 0.642. The van der Waals surface area contributed by atoms with Gasteiger partial charge in [-0.1, -0.05) is 6.07 Å². The number of nitrogens with two attached hydrogens (primary N) is 1. The number of benzene rings is 1. The van der Waals surface area contributed by atoms with Gasteiger partial charge in [0, 0.05) is 17.6 Å². The van der Waals surface area contributed by atoms with Crippen LogP contribution >= 0.6 is 0 Å². The van der Waals surface area contributed by atoms with Crippen molar-refractivity contribution in [3.8, 4) is 11.5 Å². The van der Waals surface area contributed by atoms with E-state index in [2.05, 4.69) is 5.10 Å². The molecule has 19 heavy (non-hydrogen) atoms. The largest absolute Gasteiger partial charge is 0.454 e. The van der Waals surface area contributed by atoms with E-state index in [9.17, 15) is 4.39 Å². The first-order chi connectivity index (χ1) is 8.99. The first-order valence-electron chi connectivity index (χ1n) is 6.25. The van der Waals surface area contributed by atoms with Crippen molar-refractivity contribution in [1.82, 2.24) is 9.78 Å². The molecule has 0 spiro atoms. The summed E-state index contributed by atoms with van der Waals surface area (Å²) in [6.07, 6.45) is 3.39. The van der Waals surface area contributed by atoms with Crippen molar-refractivity contribution < 1.29 is 9.13 Å². The SMILES string of the molecule is CC(N)c1c(F)cccc1Oc1cnn(C(C)C)c1. The van der Waals surface area contributed by atoms with E-state index in [1.807, 2.05) is 13.8 Å². The normalized spacial score (nSPS) is 12.7. The molecule has 0 aliphatic carbocycles. The fourth-order valence-corrected chi connectivity index (χ4v) is 1.83. The Morgan fingerprint density at radius 1 is 1.32 bits per heavy atom. The fourth-order valence-electron chi connectivity index (χ4n) is 1.83. The monoisotopic (exact) mass is 263 g/mol. The highest BCUT2D eigenvalue weighted by Crippen LogP contribution is 2.30. The molecule has 0 fully saturated rings. The van der Waals surface area contributed by atoms with Crippen LogP contribution in [0.3, 0.4) is 0 Å². The average Bonchev–Trinajstić information content (AvgIpc) is 2.77. The third-order valence-electron chi connectivity index (χ3n) is 2.80. The molecule has 0 aliphatic rings. The molecule has 102 valence electrons. The van der Waals surface area contributed by atoms with Gasteiger partial charge in [0.05, 0.1) is 12.4 Å². The van der Waals surface area contributed by atoms with Gasteiger partial charge in [0.2, 0.25) is 0 Å². The van der Waals surface area contributed by atoms with E-state index >= 15 is 0 Å². The molecular formula is C14H18FN3O. The number of hydrogen-bond acceptors (Lipinski definition) is 3. The summed E-state index contributed by atoms with van der Waals surface area (Å²) in [6.45, 7) is 5.77. The lowest BCUT2D eigenvalue weighted by Crippen LogP contribution is -2.09. The minimum absolute atomic E-state index is 0.248. The molecular weight excluding hydrogens is 245 g/mol. The lowest BCUT2D eigenvalue weighted by atomic mass is 10.1. The molecule has 0 amide bonds. The van der Waals surface area contributed by atoms with E-state index in [-0.39, 0.29) is 11.9 Å². The molecule has 2 N–H and O–H groups in total. The van der Waals surface area contributed by atoms with Gasteiger partial charge in [0.25, 0.3) is 0 Å². The number of nitrogens with zero attached hydrogens (tertiary/aromatic N) is 2. The standard InChI is InChI=1S/C14H18FN3O/c1-9(2)18-8-11(7-17-18)19-13-6-4-5-12(15)14(13)10(3)16/h4-10H,16H2,1-3H3. The zero-order valence-corrected chi connectivity index (χ0v) is 11.3. The van der Waals surface area contributed by atoms with Crippen LogP contribution in [0, 0.1) is 5.82 Å². The molecule has 1 aromatic heterocycles. The maximum absolute atomic E-state index is 13.8. The Labute approximate surface area is 112 Å². The van der Waals surface area contributed by atoms with Crippen LogP contribution in [0.25, 0.3) is 0 Å². The van der Waals surface area contributed by atoms with Crippen molar-refractivity contribution in [2.45, 2.75) is 32.9 Å². The number of rotatable bonds is 4. The zero-order valence-electron chi connectivity index (χ0n) is 11.3. The lowest BCUT2D eigenvalue weighted by Gasteiger charge is -2.13. The third-order valence-corrected chi connectivity index (χ3v) is 2.80. The van der Waals surface area contributed by atoms with Crippen LogP contribution in [0.5, 0.6) is 11.5 Å². The predicted octanol–water partition coefficient (Wildman–Crippen LogP) is 3.42. The van der Waals surface area contributed by atoms with Gasteiger partial charge < -0.3 is 10.5 Å². The van der Waals surface area contributed by atoms with E-state index in [0.717, 1.165) is 0 Å². The van der Waals surface area contributed by atoms with Crippen molar-refractivity contribution >= 4 is 0 Å². The molecule has 2 rings (SSSR count). The maximum Gasteiger partial charge on any atom is 0.165 e. The molecule has 2 aromatic rings. The van der Waals surface area contributed by atoms with Gasteiger partial charge >= 0.3 is 0 Å². The van der Waals surface area contributed by atoms with Crippen molar-refractivity contribution in [3.05, 3.63) is 42.0 Å². The second kappa shape index (κ2) is 5.40. The van der Waals surface area contributed by atoms with Gasteiger partial charge in [-0.2, -0.15) is 5.10 Å². The van der Waals surface area contributed by atoms with E-state index in [0.29, 0.717) is 17.1 Å². The second-order valence-corrected chi connectivity index (χ2v) is 4.79. The Morgan fingerprint density at radius 2 is 2.05 bits per heavy atom. The summed E-state index contributed by atoms with van der Waals surface area (Å²) >= 11 is 0. The van der Waals surface area contributed by atoms with Crippen LogP contribution in [-0.2, 0) is 0 Å². The molecule has 0 saturated heterocycles. The van der Waals surface area contributed by atoms with Crippen molar-refractivity contribution in [2.75, 3.05) is 0 Å². The third kappa shape index (κ3) is 2.93. The van der Waals surface area contributed by atoms with Crippen LogP contribution < -0.4 is 10.5 Å². The first kappa shape index (κ1) is 13.5. The Balaban J connectivity index is 2.30. The summed E-state index contributed by atoms with van der Waals surface area (Å²) in [6, 6.07) is 4.50. The van der Waals surface area contributed by atoms with Gasteiger partial charge in [-0.15, -0.1) is 0 Å². The van der Waals surface area contributed by atoms with Crippen molar-refractivity contribution in [2.24, 2.45) is 5.73 Å². The lowest BCUT2D eigenvalue weighted by molar-refractivity contribution is 0.457. The van der Waals surface area contributed by atoms with E-state index in [1.54, 1.807) is 36.1 Å². The van der Waals surface area contributed by atoms with E-state index < -0.39 is 6.04 Å². The van der Waals surface area contributed by atoms with Gasteiger partial charge in [-0.3, -0.25) is 4.68 Å². The van der Waals surface area contributed by atoms with E-state index in [1.165, 1.54) is 6.07 Å².